The fraction of sp³-hybridized carbons (Fsp3) is 0.389. The lowest BCUT2D eigenvalue weighted by molar-refractivity contribution is -0.0429. The molecule has 168 valence electrons. The van der Waals surface area contributed by atoms with Gasteiger partial charge < -0.3 is 14.6 Å². The molecule has 32 heavy (non-hydrogen) atoms. The van der Waals surface area contributed by atoms with Gasteiger partial charge in [0.1, 0.15) is 5.69 Å². The Morgan fingerprint density at radius 1 is 1.19 bits per heavy atom. The lowest BCUT2D eigenvalue weighted by Crippen LogP contribution is -2.30. The number of hydrogen-bond acceptors (Lipinski definition) is 6. The topological polar surface area (TPSA) is 101 Å². The number of halogens is 3. The molecule has 0 unspecified atom stereocenters. The zero-order valence-corrected chi connectivity index (χ0v) is 17.8. The summed E-state index contributed by atoms with van der Waals surface area (Å²) in [4.78, 5) is 12.3. The maximum absolute atomic E-state index is 13.0. The molecule has 1 aliphatic rings. The lowest BCUT2D eigenvalue weighted by Gasteiger charge is -2.19. The summed E-state index contributed by atoms with van der Waals surface area (Å²) in [6.07, 6.45) is 0.603. The highest BCUT2D eigenvalue weighted by molar-refractivity contribution is 7.93. The van der Waals surface area contributed by atoms with Crippen molar-refractivity contribution >= 4 is 44.7 Å². The number of aromatic nitrogens is 2. The van der Waals surface area contributed by atoms with Gasteiger partial charge in [-0.3, -0.25) is 4.72 Å². The summed E-state index contributed by atoms with van der Waals surface area (Å²) in [7, 11) is -5.69. The molecule has 0 radical (unpaired) electrons. The first-order valence-electron chi connectivity index (χ1n) is 9.34. The molecule has 0 spiro atoms. The van der Waals surface area contributed by atoms with Gasteiger partial charge in [-0.05, 0) is 38.0 Å². The van der Waals surface area contributed by atoms with Crippen molar-refractivity contribution in [2.75, 3.05) is 22.7 Å². The number of benzene rings is 1. The third kappa shape index (κ3) is 4.09. The van der Waals surface area contributed by atoms with E-state index in [0.29, 0.717) is 25.2 Å². The van der Waals surface area contributed by atoms with Crippen LogP contribution in [-0.2, 0) is 23.0 Å². The number of rotatable bonds is 6. The van der Waals surface area contributed by atoms with Crippen LogP contribution in [0.25, 0.3) is 9.69 Å². The fourth-order valence-corrected chi connectivity index (χ4v) is 3.83. The van der Waals surface area contributed by atoms with E-state index in [1.54, 1.807) is 11.6 Å². The molecule has 2 heterocycles. The highest BCUT2D eigenvalue weighted by Crippen LogP contribution is 2.40. The first-order chi connectivity index (χ1) is 15.1. The molecular formula is C18H17F3N8O2S. The molecule has 0 saturated heterocycles. The van der Waals surface area contributed by atoms with E-state index in [-0.39, 0.29) is 29.8 Å². The monoisotopic (exact) mass is 466 g/mol. The lowest BCUT2D eigenvalue weighted by atomic mass is 10.1. The second kappa shape index (κ2) is 8.47. The van der Waals surface area contributed by atoms with Gasteiger partial charge in [0.05, 0.1) is 12.2 Å². The Labute approximate surface area is 182 Å². The highest BCUT2D eigenvalue weighted by Gasteiger charge is 2.46. The Morgan fingerprint density at radius 3 is 2.47 bits per heavy atom. The maximum atomic E-state index is 13.0. The minimum absolute atomic E-state index is 0.0398. The minimum Gasteiger partial charge on any atom is -0.373 e. The van der Waals surface area contributed by atoms with Crippen molar-refractivity contribution in [3.05, 3.63) is 40.5 Å². The van der Waals surface area contributed by atoms with E-state index in [1.165, 1.54) is 16.7 Å². The Kier molecular flexibility index (Phi) is 6.09. The first kappa shape index (κ1) is 23.0. The van der Waals surface area contributed by atoms with Crippen molar-refractivity contribution in [1.29, 1.82) is 0 Å². The molecule has 0 atom stereocenters. The summed E-state index contributed by atoms with van der Waals surface area (Å²) in [5, 5.41) is 7.83. The summed E-state index contributed by atoms with van der Waals surface area (Å²) in [6, 6.07) is 2.76. The third-order valence-corrected chi connectivity index (χ3v) is 5.90. The SMILES string of the molecule is [C-]#[N+]c1nc(/N=N/c2cc3c(cc2NS(=O)(=O)C(F)(F)F)N(CC)CC3)n(CC)c1[N+]#[C-]. The summed E-state index contributed by atoms with van der Waals surface area (Å²) in [5.41, 5.74) is -4.67. The fourth-order valence-electron chi connectivity index (χ4n) is 3.26. The van der Waals surface area contributed by atoms with Crippen LogP contribution in [0.5, 0.6) is 0 Å². The number of sulfonamides is 1. The van der Waals surface area contributed by atoms with Gasteiger partial charge in [-0.15, -0.1) is 5.11 Å². The molecule has 0 aliphatic carbocycles. The second-order valence-corrected chi connectivity index (χ2v) is 8.28. The van der Waals surface area contributed by atoms with Crippen LogP contribution in [0.3, 0.4) is 0 Å². The zero-order chi connectivity index (χ0) is 23.7. The number of fused-ring (bicyclic) bond motifs is 1. The van der Waals surface area contributed by atoms with E-state index in [4.69, 9.17) is 13.1 Å². The summed E-state index contributed by atoms with van der Waals surface area (Å²) in [6.45, 7) is 19.4. The van der Waals surface area contributed by atoms with Crippen LogP contribution < -0.4 is 9.62 Å². The van der Waals surface area contributed by atoms with Gasteiger partial charge in [0.15, 0.2) is 0 Å². The van der Waals surface area contributed by atoms with Crippen LogP contribution in [0.2, 0.25) is 0 Å². The van der Waals surface area contributed by atoms with Crippen molar-refractivity contribution in [2.45, 2.75) is 32.3 Å². The predicted molar refractivity (Wildman–Crippen MR) is 111 cm³/mol. The van der Waals surface area contributed by atoms with Crippen LogP contribution in [0, 0.1) is 13.1 Å². The van der Waals surface area contributed by atoms with Crippen LogP contribution in [-0.4, -0.2) is 36.6 Å². The van der Waals surface area contributed by atoms with Crippen LogP contribution in [0.4, 0.5) is 47.8 Å². The summed E-state index contributed by atoms with van der Waals surface area (Å²) < 4.78 is 65.2. The number of imidazole rings is 1. The third-order valence-electron chi connectivity index (χ3n) is 4.80. The molecule has 0 saturated carbocycles. The second-order valence-electron chi connectivity index (χ2n) is 6.61. The van der Waals surface area contributed by atoms with Gasteiger partial charge in [0.2, 0.25) is 0 Å². The average Bonchev–Trinajstić information content (AvgIpc) is 3.30. The number of azo groups is 1. The number of alkyl halides is 3. The molecule has 0 bridgehead atoms. The number of nitrogens with zero attached hydrogens (tertiary/aromatic N) is 7. The van der Waals surface area contributed by atoms with Crippen LogP contribution in [0.1, 0.15) is 19.4 Å². The van der Waals surface area contributed by atoms with E-state index in [0.717, 1.165) is 5.56 Å². The largest absolute Gasteiger partial charge is 0.516 e. The van der Waals surface area contributed by atoms with Gasteiger partial charge in [-0.1, -0.05) is 23.2 Å². The molecule has 0 amide bonds. The quantitative estimate of drug-likeness (QED) is 0.475. The van der Waals surface area contributed by atoms with Gasteiger partial charge in [0.25, 0.3) is 11.6 Å². The highest BCUT2D eigenvalue weighted by atomic mass is 32.2. The van der Waals surface area contributed by atoms with Gasteiger partial charge in [0, 0.05) is 18.8 Å². The molecule has 3 rings (SSSR count). The molecule has 1 aromatic carbocycles. The molecule has 0 fully saturated rings. The van der Waals surface area contributed by atoms with Gasteiger partial charge in [-0.25, -0.2) is 4.57 Å². The van der Waals surface area contributed by atoms with E-state index in [9.17, 15) is 21.6 Å². The van der Waals surface area contributed by atoms with Crippen molar-refractivity contribution in [2.24, 2.45) is 10.2 Å². The minimum atomic E-state index is -5.69. The zero-order valence-electron chi connectivity index (χ0n) is 17.0. The molecule has 1 N–H and O–H groups in total. The van der Waals surface area contributed by atoms with Crippen molar-refractivity contribution in [3.63, 3.8) is 0 Å². The molecule has 10 nitrogen and oxygen atoms in total. The van der Waals surface area contributed by atoms with Crippen LogP contribution in [0.15, 0.2) is 22.4 Å². The van der Waals surface area contributed by atoms with E-state index in [1.807, 2.05) is 11.8 Å². The summed E-state index contributed by atoms with van der Waals surface area (Å²) in [5.74, 6) is -0.312. The average molecular weight is 466 g/mol. The number of likely N-dealkylation sites (N-methyl/N-ethyl adjacent to an activating group) is 1. The van der Waals surface area contributed by atoms with Gasteiger partial charge >= 0.3 is 21.5 Å². The van der Waals surface area contributed by atoms with E-state index >= 15 is 0 Å². The molecule has 1 aliphatic heterocycles. The van der Waals surface area contributed by atoms with Crippen molar-refractivity contribution in [3.8, 4) is 0 Å². The predicted octanol–water partition coefficient (Wildman–Crippen LogP) is 5.06. The molecule has 1 aromatic heterocycles. The first-order valence-corrected chi connectivity index (χ1v) is 10.8. The van der Waals surface area contributed by atoms with Crippen molar-refractivity contribution < 1.29 is 21.6 Å². The van der Waals surface area contributed by atoms with Crippen LogP contribution >= 0.6 is 0 Å². The smallest absolute Gasteiger partial charge is 0.373 e. The Morgan fingerprint density at radius 2 is 1.91 bits per heavy atom. The summed E-state index contributed by atoms with van der Waals surface area (Å²) >= 11 is 0. The van der Waals surface area contributed by atoms with Crippen molar-refractivity contribution in [1.82, 2.24) is 9.55 Å². The normalized spacial score (nSPS) is 13.8. The van der Waals surface area contributed by atoms with E-state index in [2.05, 4.69) is 24.9 Å². The number of anilines is 2. The van der Waals surface area contributed by atoms with Gasteiger partial charge in [-0.2, -0.15) is 21.6 Å². The van der Waals surface area contributed by atoms with E-state index < -0.39 is 21.2 Å². The number of nitrogens with one attached hydrogen (secondary N) is 1. The molecular weight excluding hydrogens is 449 g/mol. The Bertz CT molecular complexity index is 1270. The maximum Gasteiger partial charge on any atom is 0.516 e. The standard InChI is InChI=1S/C18H17F3N8O2S/c1-5-28-8-7-11-9-12(13(10-14(11)28)27-32(30,31)18(19,20)21)25-26-17-24-15(22-3)16(23-4)29(17)6-2/h9-10,27H,5-8H2,1-2H3/b26-25+. The molecule has 2 aromatic rings. The Hall–Kier alpha value is -3.65. The molecule has 14 heteroatoms. The Balaban J connectivity index is 2.12. The number of hydrogen-bond donors (Lipinski definition) is 1.